The van der Waals surface area contributed by atoms with Crippen molar-refractivity contribution in [3.8, 4) is 5.75 Å². The second kappa shape index (κ2) is 7.29. The van der Waals surface area contributed by atoms with Gasteiger partial charge in [0.05, 0.1) is 6.10 Å². The molecule has 0 spiro atoms. The molecule has 20 heavy (non-hydrogen) atoms. The molecule has 1 rings (SSSR count). The molecule has 0 saturated heterocycles. The lowest BCUT2D eigenvalue weighted by molar-refractivity contribution is -0.143. The van der Waals surface area contributed by atoms with Crippen LogP contribution < -0.4 is 4.74 Å². The summed E-state index contributed by atoms with van der Waals surface area (Å²) >= 11 is 0. The van der Waals surface area contributed by atoms with Crippen molar-refractivity contribution < 1.29 is 14.6 Å². The molecule has 0 saturated carbocycles. The summed E-state index contributed by atoms with van der Waals surface area (Å²) in [6.45, 7) is 7.89. The fraction of sp³-hybridized carbons (Fsp3) is 0.562. The molecular weight excluding hydrogens is 254 g/mol. The Balaban J connectivity index is 2.81. The minimum absolute atomic E-state index is 0.0455. The molecule has 0 aliphatic rings. The molecule has 0 aliphatic carbocycles. The van der Waals surface area contributed by atoms with Crippen LogP contribution in [0.4, 0.5) is 0 Å². The summed E-state index contributed by atoms with van der Waals surface area (Å²) in [5, 5.41) is 9.22. The van der Waals surface area contributed by atoms with Crippen LogP contribution in [0.15, 0.2) is 24.3 Å². The number of rotatable bonds is 7. The predicted octanol–water partition coefficient (Wildman–Crippen LogP) is 3.33. The minimum Gasteiger partial charge on any atom is -0.491 e. The zero-order chi connectivity index (χ0) is 15.3. The molecule has 2 atom stereocenters. The standard InChI is InChI=1S/C16H25NO3/c1-6-15(16(18)19)17(5)12(4)13-7-9-14(10-8-13)20-11(2)3/h7-12,15H,6H2,1-5H3,(H,18,19). The van der Waals surface area contributed by atoms with Crippen LogP contribution in [0.1, 0.15) is 45.7 Å². The Morgan fingerprint density at radius 3 is 2.20 bits per heavy atom. The van der Waals surface area contributed by atoms with Gasteiger partial charge in [-0.15, -0.1) is 0 Å². The molecule has 0 aliphatic heterocycles. The van der Waals surface area contributed by atoms with Gasteiger partial charge >= 0.3 is 5.97 Å². The Bertz CT molecular complexity index is 428. The van der Waals surface area contributed by atoms with E-state index in [0.29, 0.717) is 6.42 Å². The Hall–Kier alpha value is -1.55. The molecule has 0 heterocycles. The van der Waals surface area contributed by atoms with Crippen LogP contribution in [0, 0.1) is 0 Å². The van der Waals surface area contributed by atoms with E-state index in [1.165, 1.54) is 0 Å². The van der Waals surface area contributed by atoms with Crippen molar-refractivity contribution >= 4 is 5.97 Å². The van der Waals surface area contributed by atoms with E-state index in [0.717, 1.165) is 11.3 Å². The first-order chi connectivity index (χ1) is 9.36. The summed E-state index contributed by atoms with van der Waals surface area (Å²) in [6, 6.07) is 7.43. The first-order valence-corrected chi connectivity index (χ1v) is 7.08. The van der Waals surface area contributed by atoms with Crippen LogP contribution in [-0.4, -0.2) is 35.2 Å². The lowest BCUT2D eigenvalue weighted by Gasteiger charge is -2.30. The van der Waals surface area contributed by atoms with Crippen molar-refractivity contribution in [3.05, 3.63) is 29.8 Å². The maximum absolute atomic E-state index is 11.2. The van der Waals surface area contributed by atoms with E-state index < -0.39 is 12.0 Å². The highest BCUT2D eigenvalue weighted by Gasteiger charge is 2.25. The topological polar surface area (TPSA) is 49.8 Å². The number of nitrogens with zero attached hydrogens (tertiary/aromatic N) is 1. The summed E-state index contributed by atoms with van der Waals surface area (Å²) in [6.07, 6.45) is 0.738. The van der Waals surface area contributed by atoms with Crippen LogP contribution in [0.5, 0.6) is 5.75 Å². The SMILES string of the molecule is CCC(C(=O)O)N(C)C(C)c1ccc(OC(C)C)cc1. The number of carboxylic acid groups (broad SMARTS) is 1. The number of aliphatic carboxylic acids is 1. The number of carbonyl (C=O) groups is 1. The van der Waals surface area contributed by atoms with Crippen molar-refractivity contribution in [3.63, 3.8) is 0 Å². The van der Waals surface area contributed by atoms with Crippen LogP contribution in [0.3, 0.4) is 0 Å². The molecular formula is C16H25NO3. The third kappa shape index (κ3) is 4.23. The zero-order valence-electron chi connectivity index (χ0n) is 13.0. The Labute approximate surface area is 121 Å². The number of likely N-dealkylation sites (N-methyl/N-ethyl adjacent to an activating group) is 1. The minimum atomic E-state index is -0.776. The Morgan fingerprint density at radius 1 is 1.25 bits per heavy atom. The van der Waals surface area contributed by atoms with Crippen molar-refractivity contribution in [2.45, 2.75) is 52.3 Å². The predicted molar refractivity (Wildman–Crippen MR) is 80.1 cm³/mol. The van der Waals surface area contributed by atoms with E-state index in [1.807, 2.05) is 63.9 Å². The van der Waals surface area contributed by atoms with Crippen LogP contribution >= 0.6 is 0 Å². The van der Waals surface area contributed by atoms with E-state index in [1.54, 1.807) is 0 Å². The smallest absolute Gasteiger partial charge is 0.320 e. The monoisotopic (exact) mass is 279 g/mol. The maximum Gasteiger partial charge on any atom is 0.320 e. The second-order valence-corrected chi connectivity index (χ2v) is 5.34. The number of ether oxygens (including phenoxy) is 1. The second-order valence-electron chi connectivity index (χ2n) is 5.34. The van der Waals surface area contributed by atoms with Gasteiger partial charge in [-0.25, -0.2) is 0 Å². The lowest BCUT2D eigenvalue weighted by atomic mass is 10.0. The third-order valence-corrected chi connectivity index (χ3v) is 3.51. The quantitative estimate of drug-likeness (QED) is 0.831. The summed E-state index contributed by atoms with van der Waals surface area (Å²) in [4.78, 5) is 13.1. The molecule has 0 bridgehead atoms. The first kappa shape index (κ1) is 16.5. The molecule has 2 unspecified atom stereocenters. The number of carboxylic acids is 1. The molecule has 0 amide bonds. The molecule has 4 heteroatoms. The summed E-state index contributed by atoms with van der Waals surface area (Å²) in [5.41, 5.74) is 1.09. The maximum atomic E-state index is 11.2. The van der Waals surface area contributed by atoms with Gasteiger partial charge in [-0.2, -0.15) is 0 Å². The average Bonchev–Trinajstić information content (AvgIpc) is 2.38. The van der Waals surface area contributed by atoms with Gasteiger partial charge in [-0.1, -0.05) is 19.1 Å². The van der Waals surface area contributed by atoms with E-state index in [4.69, 9.17) is 4.74 Å². The molecule has 112 valence electrons. The van der Waals surface area contributed by atoms with E-state index in [9.17, 15) is 9.90 Å². The van der Waals surface area contributed by atoms with E-state index >= 15 is 0 Å². The Morgan fingerprint density at radius 2 is 1.80 bits per heavy atom. The molecule has 0 fully saturated rings. The molecule has 1 aromatic carbocycles. The van der Waals surface area contributed by atoms with Crippen LogP contribution in [0.25, 0.3) is 0 Å². The molecule has 0 aromatic heterocycles. The van der Waals surface area contributed by atoms with E-state index in [-0.39, 0.29) is 12.1 Å². The first-order valence-electron chi connectivity index (χ1n) is 7.08. The van der Waals surface area contributed by atoms with Crippen molar-refractivity contribution in [1.82, 2.24) is 4.90 Å². The van der Waals surface area contributed by atoms with Gasteiger partial charge in [0.15, 0.2) is 0 Å². The summed E-state index contributed by atoms with van der Waals surface area (Å²) in [5.74, 6) is 0.0606. The molecule has 4 nitrogen and oxygen atoms in total. The lowest BCUT2D eigenvalue weighted by Crippen LogP contribution is -2.39. The number of hydrogen-bond acceptors (Lipinski definition) is 3. The normalized spacial score (nSPS) is 14.3. The third-order valence-electron chi connectivity index (χ3n) is 3.51. The molecule has 0 radical (unpaired) electrons. The van der Waals surface area contributed by atoms with Gasteiger partial charge in [0.2, 0.25) is 0 Å². The average molecular weight is 279 g/mol. The van der Waals surface area contributed by atoms with Crippen LogP contribution in [-0.2, 0) is 4.79 Å². The van der Waals surface area contributed by atoms with Crippen molar-refractivity contribution in [2.75, 3.05) is 7.05 Å². The van der Waals surface area contributed by atoms with Crippen LogP contribution in [0.2, 0.25) is 0 Å². The highest BCUT2D eigenvalue weighted by Crippen LogP contribution is 2.24. The molecule has 1 aromatic rings. The zero-order valence-corrected chi connectivity index (χ0v) is 13.0. The van der Waals surface area contributed by atoms with Gasteiger partial charge in [0.25, 0.3) is 0 Å². The molecule has 1 N–H and O–H groups in total. The van der Waals surface area contributed by atoms with Crippen molar-refractivity contribution in [2.24, 2.45) is 0 Å². The highest BCUT2D eigenvalue weighted by atomic mass is 16.5. The largest absolute Gasteiger partial charge is 0.491 e. The van der Waals surface area contributed by atoms with E-state index in [2.05, 4.69) is 0 Å². The van der Waals surface area contributed by atoms with Gasteiger partial charge in [0, 0.05) is 6.04 Å². The van der Waals surface area contributed by atoms with Gasteiger partial charge in [-0.3, -0.25) is 9.69 Å². The highest BCUT2D eigenvalue weighted by molar-refractivity contribution is 5.73. The Kier molecular flexibility index (Phi) is 6.02. The van der Waals surface area contributed by atoms with Gasteiger partial charge in [-0.05, 0) is 51.9 Å². The summed E-state index contributed by atoms with van der Waals surface area (Å²) in [7, 11) is 1.85. The van der Waals surface area contributed by atoms with Crippen molar-refractivity contribution in [1.29, 1.82) is 0 Å². The fourth-order valence-electron chi connectivity index (χ4n) is 2.24. The number of hydrogen-bond donors (Lipinski definition) is 1. The summed E-state index contributed by atoms with van der Waals surface area (Å²) < 4.78 is 5.61. The van der Waals surface area contributed by atoms with Gasteiger partial charge < -0.3 is 9.84 Å². The fourth-order valence-corrected chi connectivity index (χ4v) is 2.24. The van der Waals surface area contributed by atoms with Gasteiger partial charge in [0.1, 0.15) is 11.8 Å². The number of benzene rings is 1.